The Morgan fingerprint density at radius 1 is 1.33 bits per heavy atom. The van der Waals surface area contributed by atoms with Crippen molar-refractivity contribution >= 4 is 22.6 Å². The van der Waals surface area contributed by atoms with E-state index in [4.69, 9.17) is 4.74 Å². The number of ether oxygens (including phenoxy) is 1. The summed E-state index contributed by atoms with van der Waals surface area (Å²) in [5.41, 5.74) is 2.95. The van der Waals surface area contributed by atoms with Crippen LogP contribution in [-0.2, 0) is 11.8 Å². The zero-order valence-corrected chi connectivity index (χ0v) is 12.9. The van der Waals surface area contributed by atoms with Crippen molar-refractivity contribution < 1.29 is 9.53 Å². The van der Waals surface area contributed by atoms with Crippen molar-refractivity contribution in [2.75, 3.05) is 18.6 Å². The molecule has 0 spiro atoms. The van der Waals surface area contributed by atoms with Gasteiger partial charge in [-0.2, -0.15) is 0 Å². The van der Waals surface area contributed by atoms with E-state index in [0.29, 0.717) is 11.6 Å². The molecular weight excluding hydrogens is 264 g/mol. The van der Waals surface area contributed by atoms with E-state index in [1.807, 2.05) is 23.9 Å². The molecule has 4 nitrogen and oxygen atoms in total. The highest BCUT2D eigenvalue weighted by molar-refractivity contribution is 6.05. The minimum Gasteiger partial charge on any atom is -0.465 e. The van der Waals surface area contributed by atoms with E-state index >= 15 is 0 Å². The molecule has 1 aromatic heterocycles. The zero-order chi connectivity index (χ0) is 15.0. The van der Waals surface area contributed by atoms with E-state index in [1.165, 1.54) is 32.1 Å². The van der Waals surface area contributed by atoms with Crippen LogP contribution in [0.2, 0.25) is 0 Å². The first-order chi connectivity index (χ1) is 10.1. The van der Waals surface area contributed by atoms with Crippen LogP contribution in [0.15, 0.2) is 24.4 Å². The molecule has 0 bridgehead atoms. The van der Waals surface area contributed by atoms with Crippen LogP contribution >= 0.6 is 0 Å². The molecule has 3 rings (SSSR count). The third-order valence-electron chi connectivity index (χ3n) is 4.51. The predicted octanol–water partition coefficient (Wildman–Crippen LogP) is 3.34. The van der Waals surface area contributed by atoms with Gasteiger partial charge < -0.3 is 14.2 Å². The molecule has 0 radical (unpaired) electrons. The topological polar surface area (TPSA) is 34.5 Å². The maximum atomic E-state index is 11.8. The quantitative estimate of drug-likeness (QED) is 0.794. The van der Waals surface area contributed by atoms with Gasteiger partial charge >= 0.3 is 5.97 Å². The summed E-state index contributed by atoms with van der Waals surface area (Å²) in [5.74, 6) is -0.278. The van der Waals surface area contributed by atoms with Gasteiger partial charge in [-0.05, 0) is 44.4 Å². The molecule has 0 N–H and O–H groups in total. The van der Waals surface area contributed by atoms with Crippen molar-refractivity contribution in [3.8, 4) is 0 Å². The van der Waals surface area contributed by atoms with E-state index in [9.17, 15) is 4.79 Å². The van der Waals surface area contributed by atoms with E-state index in [0.717, 1.165) is 17.4 Å². The number of benzene rings is 1. The van der Waals surface area contributed by atoms with Gasteiger partial charge in [0.25, 0.3) is 0 Å². The summed E-state index contributed by atoms with van der Waals surface area (Å²) in [6.07, 6.45) is 5.66. The van der Waals surface area contributed by atoms with Crippen LogP contribution in [-0.4, -0.2) is 30.2 Å². The van der Waals surface area contributed by atoms with Crippen LogP contribution in [0.1, 0.15) is 36.5 Å². The van der Waals surface area contributed by atoms with Crippen molar-refractivity contribution in [2.45, 2.75) is 32.2 Å². The number of hydrogen-bond donors (Lipinski definition) is 0. The molecule has 0 aliphatic carbocycles. The number of esters is 1. The first-order valence-corrected chi connectivity index (χ1v) is 7.56. The van der Waals surface area contributed by atoms with Crippen LogP contribution < -0.4 is 4.90 Å². The van der Waals surface area contributed by atoms with Gasteiger partial charge in [0.05, 0.1) is 18.2 Å². The average molecular weight is 286 g/mol. The number of hydrogen-bond acceptors (Lipinski definition) is 3. The molecule has 1 unspecified atom stereocenters. The molecule has 0 saturated carbocycles. The largest absolute Gasteiger partial charge is 0.465 e. The van der Waals surface area contributed by atoms with E-state index in [-0.39, 0.29) is 5.97 Å². The van der Waals surface area contributed by atoms with Gasteiger partial charge in [0.15, 0.2) is 0 Å². The molecule has 2 aromatic rings. The van der Waals surface area contributed by atoms with Crippen molar-refractivity contribution in [2.24, 2.45) is 7.05 Å². The number of anilines is 1. The molecule has 21 heavy (non-hydrogen) atoms. The minimum absolute atomic E-state index is 0.278. The molecule has 1 saturated heterocycles. The number of fused-ring (bicyclic) bond motifs is 1. The van der Waals surface area contributed by atoms with Crippen LogP contribution in [0.5, 0.6) is 0 Å². The maximum Gasteiger partial charge on any atom is 0.340 e. The summed E-state index contributed by atoms with van der Waals surface area (Å²) < 4.78 is 6.86. The smallest absolute Gasteiger partial charge is 0.340 e. The fraction of sp³-hybridized carbons (Fsp3) is 0.471. The van der Waals surface area contributed by atoms with Crippen LogP contribution in [0.4, 0.5) is 5.69 Å². The zero-order valence-electron chi connectivity index (χ0n) is 12.9. The summed E-state index contributed by atoms with van der Waals surface area (Å²) in [4.78, 5) is 14.3. The highest BCUT2D eigenvalue weighted by Crippen LogP contribution is 2.30. The van der Waals surface area contributed by atoms with Gasteiger partial charge in [-0.15, -0.1) is 0 Å². The van der Waals surface area contributed by atoms with E-state index in [2.05, 4.69) is 24.0 Å². The molecule has 1 aliphatic heterocycles. The second-order valence-electron chi connectivity index (χ2n) is 5.88. The van der Waals surface area contributed by atoms with Crippen molar-refractivity contribution in [3.05, 3.63) is 30.0 Å². The molecule has 2 heterocycles. The number of aryl methyl sites for hydroxylation is 1. The summed E-state index contributed by atoms with van der Waals surface area (Å²) in [6, 6.07) is 6.93. The number of nitrogens with zero attached hydrogens (tertiary/aromatic N) is 2. The SMILES string of the molecule is COC(=O)c1cn(C)c2cc(N3CCCCC3C)ccc12. The lowest BCUT2D eigenvalue weighted by Gasteiger charge is -2.35. The molecule has 112 valence electrons. The monoisotopic (exact) mass is 286 g/mol. The van der Waals surface area contributed by atoms with Gasteiger partial charge in [-0.25, -0.2) is 4.79 Å². The Morgan fingerprint density at radius 2 is 2.14 bits per heavy atom. The summed E-state index contributed by atoms with van der Waals surface area (Å²) >= 11 is 0. The maximum absolute atomic E-state index is 11.8. The number of carbonyl (C=O) groups is 1. The molecule has 1 aliphatic rings. The Hall–Kier alpha value is -1.97. The second kappa shape index (κ2) is 5.43. The highest BCUT2D eigenvalue weighted by Gasteiger charge is 2.20. The fourth-order valence-corrected chi connectivity index (χ4v) is 3.31. The van der Waals surface area contributed by atoms with Gasteiger partial charge in [0, 0.05) is 36.9 Å². The Balaban J connectivity index is 2.04. The Morgan fingerprint density at radius 3 is 2.86 bits per heavy atom. The number of aromatic nitrogens is 1. The average Bonchev–Trinajstić information content (AvgIpc) is 2.84. The van der Waals surface area contributed by atoms with Crippen molar-refractivity contribution in [1.82, 2.24) is 4.57 Å². The number of rotatable bonds is 2. The standard InChI is InChI=1S/C17H22N2O2/c1-12-6-4-5-9-19(12)13-7-8-14-15(17(20)21-3)11-18(2)16(14)10-13/h7-8,10-12H,4-6,9H2,1-3H3. The predicted molar refractivity (Wildman–Crippen MR) is 84.9 cm³/mol. The summed E-state index contributed by atoms with van der Waals surface area (Å²) in [7, 11) is 3.39. The second-order valence-corrected chi connectivity index (χ2v) is 5.88. The summed E-state index contributed by atoms with van der Waals surface area (Å²) in [5, 5.41) is 0.956. The number of piperidine rings is 1. The lowest BCUT2D eigenvalue weighted by atomic mass is 10.0. The van der Waals surface area contributed by atoms with E-state index < -0.39 is 0 Å². The summed E-state index contributed by atoms with van der Waals surface area (Å²) in [6.45, 7) is 3.40. The lowest BCUT2D eigenvalue weighted by molar-refractivity contribution is 0.0603. The van der Waals surface area contributed by atoms with Gasteiger partial charge in [-0.1, -0.05) is 0 Å². The molecular formula is C17H22N2O2. The fourth-order valence-electron chi connectivity index (χ4n) is 3.31. The third kappa shape index (κ3) is 2.39. The first-order valence-electron chi connectivity index (χ1n) is 7.56. The highest BCUT2D eigenvalue weighted by atomic mass is 16.5. The molecule has 0 amide bonds. The van der Waals surface area contributed by atoms with Crippen LogP contribution in [0.25, 0.3) is 10.9 Å². The third-order valence-corrected chi connectivity index (χ3v) is 4.51. The molecule has 4 heteroatoms. The molecule has 1 fully saturated rings. The normalized spacial score (nSPS) is 19.0. The number of carbonyl (C=O) groups excluding carboxylic acids is 1. The van der Waals surface area contributed by atoms with Gasteiger partial charge in [0.1, 0.15) is 0 Å². The molecule has 1 atom stereocenters. The molecule has 1 aromatic carbocycles. The Labute approximate surface area is 125 Å². The van der Waals surface area contributed by atoms with Gasteiger partial charge in [-0.3, -0.25) is 0 Å². The minimum atomic E-state index is -0.278. The van der Waals surface area contributed by atoms with E-state index in [1.54, 1.807) is 0 Å². The van der Waals surface area contributed by atoms with Crippen molar-refractivity contribution in [1.29, 1.82) is 0 Å². The van der Waals surface area contributed by atoms with Gasteiger partial charge in [0.2, 0.25) is 0 Å². The first kappa shape index (κ1) is 14.0. The van der Waals surface area contributed by atoms with Crippen molar-refractivity contribution in [3.63, 3.8) is 0 Å². The number of methoxy groups -OCH3 is 1. The van der Waals surface area contributed by atoms with Crippen LogP contribution in [0, 0.1) is 0 Å². The van der Waals surface area contributed by atoms with Crippen LogP contribution in [0.3, 0.4) is 0 Å². The Bertz CT molecular complexity index is 675. The Kier molecular flexibility index (Phi) is 3.62. The lowest BCUT2D eigenvalue weighted by Crippen LogP contribution is -2.37.